The second kappa shape index (κ2) is 5.88. The SMILES string of the molecule is CN(Cc1cc(N)ccc1Cl)C(=O)CC1CC2CCC1C2. The van der Waals surface area contributed by atoms with Gasteiger partial charge in [0.2, 0.25) is 5.91 Å². The number of nitrogens with two attached hydrogens (primary N) is 1. The van der Waals surface area contributed by atoms with Crippen molar-refractivity contribution in [2.24, 2.45) is 17.8 Å². The molecule has 2 bridgehead atoms. The minimum absolute atomic E-state index is 0.228. The van der Waals surface area contributed by atoms with E-state index in [4.69, 9.17) is 17.3 Å². The Morgan fingerprint density at radius 1 is 1.38 bits per heavy atom. The average Bonchev–Trinajstić information content (AvgIpc) is 3.05. The Hall–Kier alpha value is -1.22. The molecule has 0 aromatic heterocycles. The predicted molar refractivity (Wildman–Crippen MR) is 85.9 cm³/mol. The van der Waals surface area contributed by atoms with Crippen LogP contribution in [0.4, 0.5) is 5.69 Å². The molecule has 1 amide bonds. The Morgan fingerprint density at radius 2 is 2.19 bits per heavy atom. The first-order valence-electron chi connectivity index (χ1n) is 7.81. The van der Waals surface area contributed by atoms with Crippen LogP contribution in [0, 0.1) is 17.8 Å². The molecule has 4 heteroatoms. The van der Waals surface area contributed by atoms with Gasteiger partial charge >= 0.3 is 0 Å². The summed E-state index contributed by atoms with van der Waals surface area (Å²) in [6.45, 7) is 0.531. The topological polar surface area (TPSA) is 46.3 Å². The normalized spacial score (nSPS) is 27.0. The van der Waals surface area contributed by atoms with Crippen molar-refractivity contribution in [2.45, 2.75) is 38.6 Å². The number of nitrogen functional groups attached to an aromatic ring is 1. The van der Waals surface area contributed by atoms with E-state index >= 15 is 0 Å². The summed E-state index contributed by atoms with van der Waals surface area (Å²) < 4.78 is 0. The van der Waals surface area contributed by atoms with Crippen molar-refractivity contribution in [3.8, 4) is 0 Å². The molecule has 1 aromatic rings. The van der Waals surface area contributed by atoms with Gasteiger partial charge in [0.15, 0.2) is 0 Å². The van der Waals surface area contributed by atoms with E-state index in [0.29, 0.717) is 29.6 Å². The van der Waals surface area contributed by atoms with Crippen molar-refractivity contribution in [3.63, 3.8) is 0 Å². The van der Waals surface area contributed by atoms with E-state index in [1.54, 1.807) is 17.0 Å². The molecule has 1 aromatic carbocycles. The second-order valence-electron chi connectivity index (χ2n) is 6.74. The van der Waals surface area contributed by atoms with E-state index < -0.39 is 0 Å². The van der Waals surface area contributed by atoms with Crippen LogP contribution in [0.25, 0.3) is 0 Å². The highest BCUT2D eigenvalue weighted by atomic mass is 35.5. The quantitative estimate of drug-likeness (QED) is 0.862. The molecule has 0 radical (unpaired) electrons. The van der Waals surface area contributed by atoms with E-state index in [9.17, 15) is 4.79 Å². The van der Waals surface area contributed by atoms with Crippen LogP contribution in [0.2, 0.25) is 5.02 Å². The monoisotopic (exact) mass is 306 g/mol. The molecule has 0 aliphatic heterocycles. The molecule has 2 aliphatic rings. The lowest BCUT2D eigenvalue weighted by molar-refractivity contribution is -0.131. The van der Waals surface area contributed by atoms with Crippen LogP contribution in [0.3, 0.4) is 0 Å². The molecule has 3 unspecified atom stereocenters. The first-order valence-corrected chi connectivity index (χ1v) is 8.18. The lowest BCUT2D eigenvalue weighted by atomic mass is 9.86. The lowest BCUT2D eigenvalue weighted by Crippen LogP contribution is -2.29. The van der Waals surface area contributed by atoms with Gasteiger partial charge in [-0.15, -0.1) is 0 Å². The van der Waals surface area contributed by atoms with Crippen LogP contribution in [-0.2, 0) is 11.3 Å². The number of fused-ring (bicyclic) bond motifs is 2. The maximum Gasteiger partial charge on any atom is 0.222 e. The number of rotatable bonds is 4. The van der Waals surface area contributed by atoms with Gasteiger partial charge < -0.3 is 10.6 Å². The summed E-state index contributed by atoms with van der Waals surface area (Å²) in [6.07, 6.45) is 6.00. The highest BCUT2D eigenvalue weighted by Gasteiger charge is 2.40. The number of anilines is 1. The Labute approximate surface area is 131 Å². The third kappa shape index (κ3) is 3.18. The first-order chi connectivity index (χ1) is 10.0. The number of halogens is 1. The summed E-state index contributed by atoms with van der Waals surface area (Å²) in [4.78, 5) is 14.2. The summed E-state index contributed by atoms with van der Waals surface area (Å²) in [7, 11) is 1.86. The highest BCUT2D eigenvalue weighted by Crippen LogP contribution is 2.49. The molecule has 21 heavy (non-hydrogen) atoms. The van der Waals surface area contributed by atoms with Gasteiger partial charge in [-0.3, -0.25) is 4.79 Å². The van der Waals surface area contributed by atoms with Crippen LogP contribution in [0.1, 0.15) is 37.7 Å². The molecule has 0 spiro atoms. The number of benzene rings is 1. The largest absolute Gasteiger partial charge is 0.399 e. The van der Waals surface area contributed by atoms with Crippen molar-refractivity contribution in [2.75, 3.05) is 12.8 Å². The van der Waals surface area contributed by atoms with Gasteiger partial charge in [-0.25, -0.2) is 0 Å². The summed E-state index contributed by atoms with van der Waals surface area (Å²) in [6, 6.07) is 5.42. The van der Waals surface area contributed by atoms with E-state index in [-0.39, 0.29) is 5.91 Å². The van der Waals surface area contributed by atoms with Gasteiger partial charge in [-0.1, -0.05) is 18.0 Å². The number of amides is 1. The number of nitrogens with zero attached hydrogens (tertiary/aromatic N) is 1. The van der Waals surface area contributed by atoms with E-state index in [2.05, 4.69) is 0 Å². The molecule has 3 nitrogen and oxygen atoms in total. The van der Waals surface area contributed by atoms with Gasteiger partial charge in [-0.05, 0) is 60.8 Å². The molecule has 114 valence electrons. The third-order valence-electron chi connectivity index (χ3n) is 5.22. The Bertz CT molecular complexity index is 546. The molecule has 2 saturated carbocycles. The molecular formula is C17H23ClN2O. The molecule has 0 heterocycles. The standard InChI is InChI=1S/C17H23ClN2O/c1-20(10-14-8-15(19)4-5-16(14)18)17(21)9-13-7-11-2-3-12(13)6-11/h4-5,8,11-13H,2-3,6-7,9-10,19H2,1H3. The fourth-order valence-electron chi connectivity index (χ4n) is 4.07. The molecule has 3 atom stereocenters. The molecular weight excluding hydrogens is 284 g/mol. The molecule has 0 saturated heterocycles. The fourth-order valence-corrected chi connectivity index (χ4v) is 4.24. The number of hydrogen-bond acceptors (Lipinski definition) is 2. The molecule has 2 aliphatic carbocycles. The van der Waals surface area contributed by atoms with Crippen molar-refractivity contribution < 1.29 is 4.79 Å². The van der Waals surface area contributed by atoms with Crippen LogP contribution in [-0.4, -0.2) is 17.9 Å². The zero-order valence-corrected chi connectivity index (χ0v) is 13.3. The fraction of sp³-hybridized carbons (Fsp3) is 0.588. The highest BCUT2D eigenvalue weighted by molar-refractivity contribution is 6.31. The van der Waals surface area contributed by atoms with Gasteiger partial charge in [0.1, 0.15) is 0 Å². The van der Waals surface area contributed by atoms with Gasteiger partial charge in [-0.2, -0.15) is 0 Å². The number of hydrogen-bond donors (Lipinski definition) is 1. The predicted octanol–water partition coefficient (Wildman–Crippen LogP) is 3.71. The zero-order chi connectivity index (χ0) is 15.0. The second-order valence-corrected chi connectivity index (χ2v) is 7.15. The summed E-state index contributed by atoms with van der Waals surface area (Å²) in [5.41, 5.74) is 7.39. The number of carbonyl (C=O) groups excluding carboxylic acids is 1. The minimum atomic E-state index is 0.228. The summed E-state index contributed by atoms with van der Waals surface area (Å²) in [5.74, 6) is 2.52. The Balaban J connectivity index is 1.58. The van der Waals surface area contributed by atoms with Crippen molar-refractivity contribution in [3.05, 3.63) is 28.8 Å². The molecule has 3 rings (SSSR count). The lowest BCUT2D eigenvalue weighted by Gasteiger charge is -2.24. The maximum absolute atomic E-state index is 12.4. The summed E-state index contributed by atoms with van der Waals surface area (Å²) >= 11 is 6.17. The molecule has 2 N–H and O–H groups in total. The van der Waals surface area contributed by atoms with Crippen LogP contribution < -0.4 is 5.73 Å². The van der Waals surface area contributed by atoms with Crippen LogP contribution in [0.15, 0.2) is 18.2 Å². The minimum Gasteiger partial charge on any atom is -0.399 e. The summed E-state index contributed by atoms with van der Waals surface area (Å²) in [5, 5.41) is 0.670. The first kappa shape index (κ1) is 14.7. The van der Waals surface area contributed by atoms with Crippen LogP contribution in [0.5, 0.6) is 0 Å². The average molecular weight is 307 g/mol. The van der Waals surface area contributed by atoms with Gasteiger partial charge in [0.25, 0.3) is 0 Å². The zero-order valence-electron chi connectivity index (χ0n) is 12.5. The maximum atomic E-state index is 12.4. The Morgan fingerprint density at radius 3 is 2.86 bits per heavy atom. The smallest absolute Gasteiger partial charge is 0.222 e. The van der Waals surface area contributed by atoms with Crippen molar-refractivity contribution in [1.82, 2.24) is 4.90 Å². The van der Waals surface area contributed by atoms with E-state index in [1.165, 1.54) is 25.7 Å². The number of carbonyl (C=O) groups is 1. The van der Waals surface area contributed by atoms with Crippen molar-refractivity contribution >= 4 is 23.2 Å². The van der Waals surface area contributed by atoms with Crippen LogP contribution >= 0.6 is 11.6 Å². The third-order valence-corrected chi connectivity index (χ3v) is 5.59. The van der Waals surface area contributed by atoms with Gasteiger partial charge in [0, 0.05) is 30.7 Å². The van der Waals surface area contributed by atoms with Gasteiger partial charge in [0.05, 0.1) is 0 Å². The molecule has 2 fully saturated rings. The van der Waals surface area contributed by atoms with E-state index in [1.807, 2.05) is 13.1 Å². The van der Waals surface area contributed by atoms with Crippen molar-refractivity contribution in [1.29, 1.82) is 0 Å². The van der Waals surface area contributed by atoms with E-state index in [0.717, 1.165) is 17.4 Å². The Kier molecular flexibility index (Phi) is 4.12.